The van der Waals surface area contributed by atoms with E-state index in [1.807, 2.05) is 32.9 Å². The first kappa shape index (κ1) is 29.2. The predicted molar refractivity (Wildman–Crippen MR) is 141 cm³/mol. The molecule has 3 rings (SSSR count). The van der Waals surface area contributed by atoms with Gasteiger partial charge >= 0.3 is 12.1 Å². The molecule has 6 atom stereocenters. The highest BCUT2D eigenvalue weighted by atomic mass is 35.5. The molecule has 206 valence electrons. The molecule has 1 aliphatic carbocycles. The number of rotatable bonds is 8. The Hall–Kier alpha value is -2.32. The smallest absolute Gasteiger partial charge is 0.410 e. The van der Waals surface area contributed by atoms with Crippen molar-refractivity contribution in [1.29, 1.82) is 0 Å². The van der Waals surface area contributed by atoms with E-state index in [0.717, 1.165) is 18.4 Å². The van der Waals surface area contributed by atoms with Crippen LogP contribution in [0.2, 0.25) is 5.02 Å². The molecule has 2 aliphatic rings. The summed E-state index contributed by atoms with van der Waals surface area (Å²) in [7, 11) is 1.54. The minimum Gasteiger partial charge on any atom is -0.458 e. The maximum absolute atomic E-state index is 13.5. The van der Waals surface area contributed by atoms with E-state index in [2.05, 4.69) is 5.32 Å². The summed E-state index contributed by atoms with van der Waals surface area (Å²) in [5.74, 6) is -1.16. The Balaban J connectivity index is 1.77. The molecular formula is C28H41ClN2O6. The fourth-order valence-corrected chi connectivity index (χ4v) is 5.18. The van der Waals surface area contributed by atoms with E-state index in [9.17, 15) is 14.4 Å². The minimum absolute atomic E-state index is 0.113. The quantitative estimate of drug-likeness (QED) is 0.481. The van der Waals surface area contributed by atoms with Crippen molar-refractivity contribution in [1.82, 2.24) is 10.2 Å². The van der Waals surface area contributed by atoms with Crippen LogP contribution >= 0.6 is 11.6 Å². The molecule has 0 aromatic heterocycles. The van der Waals surface area contributed by atoms with Crippen LogP contribution in [-0.2, 0) is 30.2 Å². The van der Waals surface area contributed by atoms with Crippen molar-refractivity contribution in [2.24, 2.45) is 11.8 Å². The van der Waals surface area contributed by atoms with Gasteiger partial charge in [-0.15, -0.1) is 0 Å². The molecular weight excluding hydrogens is 496 g/mol. The summed E-state index contributed by atoms with van der Waals surface area (Å²) in [4.78, 5) is 41.3. The van der Waals surface area contributed by atoms with Gasteiger partial charge in [-0.25, -0.2) is 9.59 Å². The zero-order valence-electron chi connectivity index (χ0n) is 23.2. The second-order valence-corrected chi connectivity index (χ2v) is 12.5. The SMILES string of the molecule is CO[C@H]([C@@H](C)C(=O)NC(Cc1ccccc1Cl)C(=O)OC(C)(C)C)[C@@H]1C[C@@H]2C[C@@H]2N1C(=O)OC(C)(C)C. The number of nitrogens with one attached hydrogen (secondary N) is 1. The van der Waals surface area contributed by atoms with Crippen LogP contribution in [0.1, 0.15) is 66.9 Å². The third-order valence-corrected chi connectivity index (χ3v) is 7.06. The summed E-state index contributed by atoms with van der Waals surface area (Å²) in [6.07, 6.45) is 0.908. The Morgan fingerprint density at radius 1 is 1.05 bits per heavy atom. The van der Waals surface area contributed by atoms with Gasteiger partial charge in [-0.05, 0) is 71.9 Å². The van der Waals surface area contributed by atoms with E-state index in [0.29, 0.717) is 10.9 Å². The monoisotopic (exact) mass is 536 g/mol. The van der Waals surface area contributed by atoms with Crippen molar-refractivity contribution in [2.45, 2.75) is 103 Å². The number of methoxy groups -OCH3 is 1. The van der Waals surface area contributed by atoms with Gasteiger partial charge in [-0.2, -0.15) is 0 Å². The van der Waals surface area contributed by atoms with Crippen LogP contribution in [0.4, 0.5) is 4.79 Å². The molecule has 2 fully saturated rings. The van der Waals surface area contributed by atoms with Crippen molar-refractivity contribution in [2.75, 3.05) is 7.11 Å². The lowest BCUT2D eigenvalue weighted by Gasteiger charge is -2.36. The van der Waals surface area contributed by atoms with Gasteiger partial charge in [0.15, 0.2) is 0 Å². The third kappa shape index (κ3) is 7.60. The number of piperidine rings is 1. The number of hydrogen-bond acceptors (Lipinski definition) is 6. The van der Waals surface area contributed by atoms with Crippen molar-refractivity contribution in [3.63, 3.8) is 0 Å². The van der Waals surface area contributed by atoms with Crippen LogP contribution in [0.3, 0.4) is 0 Å². The maximum Gasteiger partial charge on any atom is 0.410 e. The van der Waals surface area contributed by atoms with Crippen molar-refractivity contribution >= 4 is 29.6 Å². The lowest BCUT2D eigenvalue weighted by molar-refractivity contribution is -0.159. The van der Waals surface area contributed by atoms with Crippen LogP contribution in [0.25, 0.3) is 0 Å². The lowest BCUT2D eigenvalue weighted by atomic mass is 9.93. The number of nitrogens with zero attached hydrogens (tertiary/aromatic N) is 1. The molecule has 1 aliphatic heterocycles. The molecule has 1 aromatic rings. The highest BCUT2D eigenvalue weighted by Crippen LogP contribution is 2.50. The van der Waals surface area contributed by atoms with Gasteiger partial charge in [-0.3, -0.25) is 9.69 Å². The van der Waals surface area contributed by atoms with E-state index >= 15 is 0 Å². The van der Waals surface area contributed by atoms with Crippen LogP contribution in [0.5, 0.6) is 0 Å². The highest BCUT2D eigenvalue weighted by Gasteiger charge is 2.58. The molecule has 37 heavy (non-hydrogen) atoms. The van der Waals surface area contributed by atoms with Crippen molar-refractivity contribution < 1.29 is 28.6 Å². The van der Waals surface area contributed by atoms with E-state index in [1.54, 1.807) is 51.8 Å². The Morgan fingerprint density at radius 2 is 1.68 bits per heavy atom. The Morgan fingerprint density at radius 3 is 2.24 bits per heavy atom. The number of carbonyl (C=O) groups is 3. The molecule has 1 aromatic carbocycles. The van der Waals surface area contributed by atoms with Crippen LogP contribution < -0.4 is 5.32 Å². The summed E-state index contributed by atoms with van der Waals surface area (Å²) in [6, 6.07) is 6.07. The van der Waals surface area contributed by atoms with E-state index < -0.39 is 35.2 Å². The van der Waals surface area contributed by atoms with Gasteiger partial charge in [0, 0.05) is 24.6 Å². The summed E-state index contributed by atoms with van der Waals surface area (Å²) < 4.78 is 17.1. The standard InChI is InChI=1S/C28H41ClN2O6/c1-16(23(35-8)22-15-18-14-21(18)31(22)26(34)37-28(5,6)7)24(32)30-20(25(33)36-27(2,3)4)13-17-11-9-10-12-19(17)29/h9-12,16,18,20-23H,13-15H2,1-8H3,(H,30,32)/t16-,18+,20?,21+,22+,23-/m1/s1. The molecule has 1 unspecified atom stereocenters. The first-order valence-corrected chi connectivity index (χ1v) is 13.3. The fraction of sp³-hybridized carbons (Fsp3) is 0.679. The van der Waals surface area contributed by atoms with Gasteiger partial charge in [0.25, 0.3) is 0 Å². The van der Waals surface area contributed by atoms with Crippen LogP contribution in [0.15, 0.2) is 24.3 Å². The summed E-state index contributed by atoms with van der Waals surface area (Å²) >= 11 is 6.34. The molecule has 1 heterocycles. The number of esters is 1. The Labute approximate surface area is 225 Å². The largest absolute Gasteiger partial charge is 0.458 e. The number of fused-ring (bicyclic) bond motifs is 1. The number of carbonyl (C=O) groups excluding carboxylic acids is 3. The summed E-state index contributed by atoms with van der Waals surface area (Å²) in [6.45, 7) is 12.6. The number of amides is 2. The minimum atomic E-state index is -0.939. The zero-order valence-corrected chi connectivity index (χ0v) is 23.9. The average molecular weight is 537 g/mol. The maximum atomic E-state index is 13.5. The topological polar surface area (TPSA) is 94.2 Å². The second kappa shape index (κ2) is 11.2. The van der Waals surface area contributed by atoms with Gasteiger partial charge < -0.3 is 19.5 Å². The van der Waals surface area contributed by atoms with E-state index in [4.69, 9.17) is 25.8 Å². The molecule has 2 amide bonds. The number of ether oxygens (including phenoxy) is 3. The number of halogens is 1. The van der Waals surface area contributed by atoms with Gasteiger partial charge in [0.05, 0.1) is 18.1 Å². The molecule has 9 heteroatoms. The third-order valence-electron chi connectivity index (χ3n) is 6.70. The normalized spacial score (nSPS) is 23.5. The van der Waals surface area contributed by atoms with Crippen molar-refractivity contribution in [3.8, 4) is 0 Å². The average Bonchev–Trinajstić information content (AvgIpc) is 3.42. The first-order chi connectivity index (χ1) is 17.1. The van der Waals surface area contributed by atoms with Crippen molar-refractivity contribution in [3.05, 3.63) is 34.9 Å². The number of likely N-dealkylation sites (tertiary alicyclic amines) is 1. The zero-order chi connectivity index (χ0) is 27.7. The Kier molecular flexibility index (Phi) is 8.85. The molecule has 8 nitrogen and oxygen atoms in total. The van der Waals surface area contributed by atoms with Gasteiger partial charge in [0.2, 0.25) is 5.91 Å². The van der Waals surface area contributed by atoms with Gasteiger partial charge in [0.1, 0.15) is 17.2 Å². The highest BCUT2D eigenvalue weighted by molar-refractivity contribution is 6.31. The first-order valence-electron chi connectivity index (χ1n) is 12.9. The molecule has 0 bridgehead atoms. The molecule has 1 saturated carbocycles. The molecule has 1 N–H and O–H groups in total. The predicted octanol–water partition coefficient (Wildman–Crippen LogP) is 4.76. The molecule has 0 radical (unpaired) electrons. The van der Waals surface area contributed by atoms with E-state index in [-0.39, 0.29) is 30.5 Å². The van der Waals surface area contributed by atoms with Crippen LogP contribution in [0, 0.1) is 11.8 Å². The number of benzene rings is 1. The second-order valence-electron chi connectivity index (χ2n) is 12.1. The summed E-state index contributed by atoms with van der Waals surface area (Å²) in [5, 5.41) is 3.38. The summed E-state index contributed by atoms with van der Waals surface area (Å²) in [5.41, 5.74) is -0.622. The number of hydrogen-bond donors (Lipinski definition) is 1. The Bertz CT molecular complexity index is 1000. The van der Waals surface area contributed by atoms with Gasteiger partial charge in [-0.1, -0.05) is 36.7 Å². The van der Waals surface area contributed by atoms with Crippen LogP contribution in [-0.4, -0.2) is 65.4 Å². The fourth-order valence-electron chi connectivity index (χ4n) is 4.97. The lowest BCUT2D eigenvalue weighted by Crippen LogP contribution is -2.54. The molecule has 0 spiro atoms. The van der Waals surface area contributed by atoms with E-state index in [1.165, 1.54) is 0 Å². The molecule has 1 saturated heterocycles.